The summed E-state index contributed by atoms with van der Waals surface area (Å²) >= 11 is 7.86. The van der Waals surface area contributed by atoms with Crippen molar-refractivity contribution in [3.8, 4) is 0 Å². The van der Waals surface area contributed by atoms with Crippen molar-refractivity contribution in [3.63, 3.8) is 0 Å². The van der Waals surface area contributed by atoms with Gasteiger partial charge in [-0.15, -0.1) is 22.9 Å². The number of hydrogen-bond acceptors (Lipinski definition) is 2. The summed E-state index contributed by atoms with van der Waals surface area (Å²) in [6.07, 6.45) is 3.88. The van der Waals surface area contributed by atoms with E-state index in [1.807, 2.05) is 11.3 Å². The number of hydrogen-bond donors (Lipinski definition) is 1. The molecule has 1 saturated carbocycles. The number of nitrogens with one attached hydrogen (secondary N) is 1. The minimum atomic E-state index is 0.612. The number of fused-ring (bicyclic) bond motifs is 1. The van der Waals surface area contributed by atoms with Crippen molar-refractivity contribution in [2.75, 3.05) is 5.88 Å². The summed E-state index contributed by atoms with van der Waals surface area (Å²) in [5.41, 5.74) is 1.43. The maximum absolute atomic E-state index is 6.02. The van der Waals surface area contributed by atoms with Gasteiger partial charge in [0.25, 0.3) is 0 Å². The minimum Gasteiger partial charge on any atom is -0.310 e. The average Bonchev–Trinajstić information content (AvgIpc) is 3.02. The van der Waals surface area contributed by atoms with Crippen LogP contribution in [0.1, 0.15) is 24.8 Å². The molecule has 1 aromatic carbocycles. The molecule has 1 N–H and O–H groups in total. The fourth-order valence-electron chi connectivity index (χ4n) is 2.90. The molecule has 0 spiro atoms. The Kier molecular flexibility index (Phi) is 3.88. The molecule has 18 heavy (non-hydrogen) atoms. The molecule has 1 aliphatic rings. The number of halogens is 1. The first-order chi connectivity index (χ1) is 8.88. The van der Waals surface area contributed by atoms with Gasteiger partial charge >= 0.3 is 0 Å². The third kappa shape index (κ3) is 2.42. The topological polar surface area (TPSA) is 12.0 Å². The zero-order valence-corrected chi connectivity index (χ0v) is 11.9. The molecular weight excluding hydrogens is 262 g/mol. The molecule has 0 radical (unpaired) electrons. The molecule has 0 amide bonds. The van der Waals surface area contributed by atoms with Gasteiger partial charge in [-0.3, -0.25) is 0 Å². The lowest BCUT2D eigenvalue weighted by Crippen LogP contribution is -2.32. The molecule has 1 aliphatic carbocycles. The van der Waals surface area contributed by atoms with Gasteiger partial charge in [0.2, 0.25) is 0 Å². The van der Waals surface area contributed by atoms with E-state index in [-0.39, 0.29) is 0 Å². The Morgan fingerprint density at radius 3 is 3.06 bits per heavy atom. The normalized spacial score (nSPS) is 23.8. The highest BCUT2D eigenvalue weighted by atomic mass is 35.5. The van der Waals surface area contributed by atoms with E-state index in [0.717, 1.165) is 12.4 Å². The summed E-state index contributed by atoms with van der Waals surface area (Å²) in [7, 11) is 0. The monoisotopic (exact) mass is 279 g/mol. The number of benzene rings is 1. The smallest absolute Gasteiger partial charge is 0.0346 e. The molecule has 3 rings (SSSR count). The Balaban J connectivity index is 1.69. The van der Waals surface area contributed by atoms with Gasteiger partial charge in [0, 0.05) is 23.2 Å². The summed E-state index contributed by atoms with van der Waals surface area (Å²) in [4.78, 5) is 0. The summed E-state index contributed by atoms with van der Waals surface area (Å²) in [6, 6.07) is 9.25. The molecule has 1 fully saturated rings. The summed E-state index contributed by atoms with van der Waals surface area (Å²) < 4.78 is 1.38. The zero-order chi connectivity index (χ0) is 12.4. The molecule has 2 aromatic rings. The molecule has 0 aliphatic heterocycles. The lowest BCUT2D eigenvalue weighted by Gasteiger charge is -2.18. The number of thiophene rings is 1. The van der Waals surface area contributed by atoms with Crippen molar-refractivity contribution in [1.82, 2.24) is 5.32 Å². The molecule has 1 heterocycles. The van der Waals surface area contributed by atoms with Crippen molar-refractivity contribution in [2.45, 2.75) is 31.8 Å². The van der Waals surface area contributed by atoms with Crippen LogP contribution >= 0.6 is 22.9 Å². The predicted octanol–water partition coefficient (Wildman–Crippen LogP) is 4.40. The lowest BCUT2D eigenvalue weighted by molar-refractivity contribution is 0.430. The van der Waals surface area contributed by atoms with Crippen molar-refractivity contribution >= 4 is 33.0 Å². The zero-order valence-electron chi connectivity index (χ0n) is 10.4. The van der Waals surface area contributed by atoms with Crippen molar-refractivity contribution in [3.05, 3.63) is 35.2 Å². The van der Waals surface area contributed by atoms with E-state index in [1.165, 1.54) is 34.9 Å². The third-order valence-electron chi connectivity index (χ3n) is 3.97. The molecule has 1 nitrogen and oxygen atoms in total. The fraction of sp³-hybridized carbons (Fsp3) is 0.467. The van der Waals surface area contributed by atoms with Crippen molar-refractivity contribution in [1.29, 1.82) is 0 Å². The van der Waals surface area contributed by atoms with Gasteiger partial charge in [-0.05, 0) is 41.2 Å². The highest BCUT2D eigenvalue weighted by molar-refractivity contribution is 7.17. The molecule has 0 bridgehead atoms. The first-order valence-electron chi connectivity index (χ1n) is 6.63. The standard InChI is InChI=1S/C15H18ClNS/c16-8-11-4-3-6-14(11)17-9-12-10-18-15-7-2-1-5-13(12)15/h1-2,5,7,10-11,14,17H,3-4,6,8-9H2. The first-order valence-corrected chi connectivity index (χ1v) is 8.04. The van der Waals surface area contributed by atoms with Gasteiger partial charge < -0.3 is 5.32 Å². The summed E-state index contributed by atoms with van der Waals surface area (Å²) in [5.74, 6) is 1.46. The Morgan fingerprint density at radius 1 is 1.28 bits per heavy atom. The van der Waals surface area contributed by atoms with Crippen LogP contribution in [0.2, 0.25) is 0 Å². The highest BCUT2D eigenvalue weighted by Gasteiger charge is 2.25. The van der Waals surface area contributed by atoms with Gasteiger partial charge in [0.1, 0.15) is 0 Å². The van der Waals surface area contributed by atoms with Gasteiger partial charge in [-0.25, -0.2) is 0 Å². The van der Waals surface area contributed by atoms with E-state index in [9.17, 15) is 0 Å². The Morgan fingerprint density at radius 2 is 2.17 bits per heavy atom. The molecule has 3 heteroatoms. The van der Waals surface area contributed by atoms with Crippen LogP contribution in [0.4, 0.5) is 0 Å². The predicted molar refractivity (Wildman–Crippen MR) is 80.5 cm³/mol. The Hall–Kier alpha value is -0.570. The molecule has 1 aromatic heterocycles. The van der Waals surface area contributed by atoms with Crippen LogP contribution < -0.4 is 5.32 Å². The van der Waals surface area contributed by atoms with E-state index < -0.39 is 0 Å². The van der Waals surface area contributed by atoms with Gasteiger partial charge in [-0.1, -0.05) is 24.6 Å². The number of rotatable bonds is 4. The molecule has 2 unspecified atom stereocenters. The van der Waals surface area contributed by atoms with Crippen LogP contribution in [-0.4, -0.2) is 11.9 Å². The Labute approximate surface area is 117 Å². The van der Waals surface area contributed by atoms with Crippen LogP contribution in [0.25, 0.3) is 10.1 Å². The number of alkyl halides is 1. The second-order valence-corrected chi connectivity index (χ2v) is 6.31. The van der Waals surface area contributed by atoms with Crippen LogP contribution in [0, 0.1) is 5.92 Å². The molecular formula is C15H18ClNS. The highest BCUT2D eigenvalue weighted by Crippen LogP contribution is 2.29. The largest absolute Gasteiger partial charge is 0.310 e. The fourth-order valence-corrected chi connectivity index (χ4v) is 4.23. The van der Waals surface area contributed by atoms with E-state index in [2.05, 4.69) is 35.0 Å². The second kappa shape index (κ2) is 5.60. The van der Waals surface area contributed by atoms with E-state index in [0.29, 0.717) is 12.0 Å². The molecule has 2 atom stereocenters. The maximum Gasteiger partial charge on any atom is 0.0346 e. The SMILES string of the molecule is ClCC1CCCC1NCc1csc2ccccc12. The van der Waals surface area contributed by atoms with Crippen LogP contribution in [-0.2, 0) is 6.54 Å². The van der Waals surface area contributed by atoms with Crippen molar-refractivity contribution in [2.24, 2.45) is 5.92 Å². The maximum atomic E-state index is 6.02. The summed E-state index contributed by atoms with van der Waals surface area (Å²) in [5, 5.41) is 7.38. The first kappa shape index (κ1) is 12.5. The van der Waals surface area contributed by atoms with Crippen LogP contribution in [0.15, 0.2) is 29.6 Å². The summed E-state index contributed by atoms with van der Waals surface area (Å²) in [6.45, 7) is 0.974. The third-order valence-corrected chi connectivity index (χ3v) is 5.38. The lowest BCUT2D eigenvalue weighted by atomic mass is 10.1. The molecule has 96 valence electrons. The average molecular weight is 280 g/mol. The Bertz CT molecular complexity index is 522. The quantitative estimate of drug-likeness (QED) is 0.818. The van der Waals surface area contributed by atoms with Crippen molar-refractivity contribution < 1.29 is 0 Å². The van der Waals surface area contributed by atoms with E-state index in [4.69, 9.17) is 11.6 Å². The van der Waals surface area contributed by atoms with Gasteiger partial charge in [0.15, 0.2) is 0 Å². The van der Waals surface area contributed by atoms with E-state index >= 15 is 0 Å². The van der Waals surface area contributed by atoms with Gasteiger partial charge in [0.05, 0.1) is 0 Å². The molecule has 0 saturated heterocycles. The van der Waals surface area contributed by atoms with Crippen LogP contribution in [0.5, 0.6) is 0 Å². The second-order valence-electron chi connectivity index (χ2n) is 5.09. The van der Waals surface area contributed by atoms with Crippen LogP contribution in [0.3, 0.4) is 0 Å². The van der Waals surface area contributed by atoms with Gasteiger partial charge in [-0.2, -0.15) is 0 Å². The minimum absolute atomic E-state index is 0.612. The van der Waals surface area contributed by atoms with E-state index in [1.54, 1.807) is 0 Å².